The van der Waals surface area contributed by atoms with Crippen LogP contribution in [0.3, 0.4) is 0 Å². The number of esters is 1. The molecule has 5 nitrogen and oxygen atoms in total. The normalized spacial score (nSPS) is 10.2. The van der Waals surface area contributed by atoms with Crippen molar-refractivity contribution in [3.05, 3.63) is 51.3 Å². The van der Waals surface area contributed by atoms with Gasteiger partial charge in [0.2, 0.25) is 5.28 Å². The molecule has 0 aliphatic heterocycles. The third-order valence-corrected chi connectivity index (χ3v) is 3.34. The Morgan fingerprint density at radius 1 is 1.38 bits per heavy atom. The molecule has 2 aromatic rings. The monoisotopic (exact) mass is 369 g/mol. The second-order valence-corrected chi connectivity index (χ2v) is 5.36. The van der Waals surface area contributed by atoms with Crippen molar-refractivity contribution in [3.63, 3.8) is 0 Å². The molecule has 0 bridgehead atoms. The average Bonchev–Trinajstić information content (AvgIpc) is 2.47. The Morgan fingerprint density at radius 2 is 2.10 bits per heavy atom. The number of carbonyl (C=O) groups is 1. The SMILES string of the molecule is CCOC(=O)c1cnc(Cl)nc1NCc1ccc(Br)cc1. The Labute approximate surface area is 135 Å². The number of anilines is 1. The highest BCUT2D eigenvalue weighted by molar-refractivity contribution is 9.10. The van der Waals surface area contributed by atoms with Crippen LogP contribution in [0, 0.1) is 0 Å². The molecular weight excluding hydrogens is 358 g/mol. The summed E-state index contributed by atoms with van der Waals surface area (Å²) in [7, 11) is 0. The Hall–Kier alpha value is -1.66. The molecule has 1 aromatic carbocycles. The van der Waals surface area contributed by atoms with Gasteiger partial charge in [0, 0.05) is 17.2 Å². The molecule has 0 radical (unpaired) electrons. The fraction of sp³-hybridized carbons (Fsp3) is 0.214. The Balaban J connectivity index is 2.16. The number of benzene rings is 1. The first kappa shape index (κ1) is 15.7. The second kappa shape index (κ2) is 7.38. The molecule has 0 spiro atoms. The molecular formula is C14H13BrClN3O2. The van der Waals surface area contributed by atoms with Crippen LogP contribution in [0.4, 0.5) is 5.82 Å². The van der Waals surface area contributed by atoms with E-state index in [1.165, 1.54) is 6.20 Å². The number of hydrogen-bond acceptors (Lipinski definition) is 5. The number of carbonyl (C=O) groups excluding carboxylic acids is 1. The van der Waals surface area contributed by atoms with Crippen molar-refractivity contribution >= 4 is 39.3 Å². The smallest absolute Gasteiger partial charge is 0.343 e. The first-order valence-electron chi connectivity index (χ1n) is 6.28. The molecule has 0 saturated heterocycles. The Bertz CT molecular complexity index is 635. The lowest BCUT2D eigenvalue weighted by Gasteiger charge is -2.10. The highest BCUT2D eigenvalue weighted by atomic mass is 79.9. The third-order valence-electron chi connectivity index (χ3n) is 2.63. The van der Waals surface area contributed by atoms with Crippen molar-refractivity contribution < 1.29 is 9.53 Å². The number of nitrogens with one attached hydrogen (secondary N) is 1. The van der Waals surface area contributed by atoms with Gasteiger partial charge >= 0.3 is 5.97 Å². The average molecular weight is 371 g/mol. The largest absolute Gasteiger partial charge is 0.462 e. The summed E-state index contributed by atoms with van der Waals surface area (Å²) in [5.41, 5.74) is 1.31. The maximum absolute atomic E-state index is 11.8. The van der Waals surface area contributed by atoms with E-state index in [9.17, 15) is 4.79 Å². The molecule has 1 N–H and O–H groups in total. The van der Waals surface area contributed by atoms with Crippen molar-refractivity contribution in [2.45, 2.75) is 13.5 Å². The molecule has 0 unspecified atom stereocenters. The predicted molar refractivity (Wildman–Crippen MR) is 84.5 cm³/mol. The zero-order valence-electron chi connectivity index (χ0n) is 11.3. The van der Waals surface area contributed by atoms with Gasteiger partial charge < -0.3 is 10.1 Å². The highest BCUT2D eigenvalue weighted by Crippen LogP contribution is 2.17. The third kappa shape index (κ3) is 4.41. The molecule has 21 heavy (non-hydrogen) atoms. The van der Waals surface area contributed by atoms with Crippen LogP contribution in [0.1, 0.15) is 22.8 Å². The highest BCUT2D eigenvalue weighted by Gasteiger charge is 2.15. The van der Waals surface area contributed by atoms with Gasteiger partial charge in [-0.1, -0.05) is 28.1 Å². The van der Waals surface area contributed by atoms with E-state index < -0.39 is 5.97 Å². The minimum absolute atomic E-state index is 0.0707. The predicted octanol–water partition coefficient (Wildman–Crippen LogP) is 3.68. The molecule has 0 aliphatic carbocycles. The molecule has 2 rings (SSSR count). The molecule has 0 amide bonds. The van der Waals surface area contributed by atoms with Gasteiger partial charge in [-0.05, 0) is 36.2 Å². The van der Waals surface area contributed by atoms with E-state index in [-0.39, 0.29) is 17.5 Å². The summed E-state index contributed by atoms with van der Waals surface area (Å²) in [6, 6.07) is 7.81. The lowest BCUT2D eigenvalue weighted by molar-refractivity contribution is 0.0526. The van der Waals surface area contributed by atoms with Gasteiger partial charge in [-0.15, -0.1) is 0 Å². The van der Waals surface area contributed by atoms with Crippen molar-refractivity contribution in [2.75, 3.05) is 11.9 Å². The standard InChI is InChI=1S/C14H13BrClN3O2/c1-2-21-13(20)11-8-18-14(16)19-12(11)17-7-9-3-5-10(15)6-4-9/h3-6,8H,2,7H2,1H3,(H,17,18,19). The van der Waals surface area contributed by atoms with Crippen LogP contribution < -0.4 is 5.32 Å². The van der Waals surface area contributed by atoms with E-state index in [4.69, 9.17) is 16.3 Å². The summed E-state index contributed by atoms with van der Waals surface area (Å²) >= 11 is 9.16. The zero-order valence-corrected chi connectivity index (χ0v) is 13.6. The van der Waals surface area contributed by atoms with Crippen LogP contribution in [-0.2, 0) is 11.3 Å². The van der Waals surface area contributed by atoms with Crippen molar-refractivity contribution in [1.29, 1.82) is 0 Å². The van der Waals surface area contributed by atoms with Crippen LogP contribution in [0.15, 0.2) is 34.9 Å². The van der Waals surface area contributed by atoms with Crippen LogP contribution in [0.25, 0.3) is 0 Å². The number of nitrogens with zero attached hydrogens (tertiary/aromatic N) is 2. The van der Waals surface area contributed by atoms with E-state index in [0.29, 0.717) is 12.4 Å². The van der Waals surface area contributed by atoms with Crippen molar-refractivity contribution in [3.8, 4) is 0 Å². The molecule has 0 aliphatic rings. The topological polar surface area (TPSA) is 64.1 Å². The minimum atomic E-state index is -0.479. The van der Waals surface area contributed by atoms with E-state index in [1.807, 2.05) is 24.3 Å². The van der Waals surface area contributed by atoms with Gasteiger partial charge in [0.15, 0.2) is 0 Å². The van der Waals surface area contributed by atoms with Crippen LogP contribution in [0.5, 0.6) is 0 Å². The molecule has 110 valence electrons. The number of rotatable bonds is 5. The molecule has 1 aromatic heterocycles. The van der Waals surface area contributed by atoms with Crippen molar-refractivity contribution in [2.24, 2.45) is 0 Å². The van der Waals surface area contributed by atoms with Gasteiger partial charge in [-0.2, -0.15) is 4.98 Å². The fourth-order valence-corrected chi connectivity index (χ4v) is 2.04. The summed E-state index contributed by atoms with van der Waals surface area (Å²) in [6.45, 7) is 2.53. The van der Waals surface area contributed by atoms with Gasteiger partial charge in [0.1, 0.15) is 11.4 Å². The van der Waals surface area contributed by atoms with Crippen LogP contribution >= 0.6 is 27.5 Å². The number of hydrogen-bond donors (Lipinski definition) is 1. The summed E-state index contributed by atoms with van der Waals surface area (Å²) in [6.07, 6.45) is 1.36. The van der Waals surface area contributed by atoms with Crippen LogP contribution in [-0.4, -0.2) is 22.5 Å². The van der Waals surface area contributed by atoms with E-state index in [0.717, 1.165) is 10.0 Å². The van der Waals surface area contributed by atoms with Crippen LogP contribution in [0.2, 0.25) is 5.28 Å². The Morgan fingerprint density at radius 3 is 2.76 bits per heavy atom. The summed E-state index contributed by atoms with van der Waals surface area (Å²) in [5, 5.41) is 3.15. The lowest BCUT2D eigenvalue weighted by atomic mass is 10.2. The zero-order chi connectivity index (χ0) is 15.2. The first-order chi connectivity index (χ1) is 10.1. The minimum Gasteiger partial charge on any atom is -0.462 e. The van der Waals surface area contributed by atoms with E-state index in [2.05, 4.69) is 31.2 Å². The van der Waals surface area contributed by atoms with E-state index >= 15 is 0 Å². The van der Waals surface area contributed by atoms with Gasteiger partial charge in [0.25, 0.3) is 0 Å². The molecule has 0 saturated carbocycles. The molecule has 1 heterocycles. The second-order valence-electron chi connectivity index (χ2n) is 4.10. The van der Waals surface area contributed by atoms with Gasteiger partial charge in [-0.3, -0.25) is 0 Å². The lowest BCUT2D eigenvalue weighted by Crippen LogP contribution is -2.12. The Kier molecular flexibility index (Phi) is 5.52. The maximum atomic E-state index is 11.8. The van der Waals surface area contributed by atoms with Crippen molar-refractivity contribution in [1.82, 2.24) is 9.97 Å². The molecule has 0 atom stereocenters. The fourth-order valence-electron chi connectivity index (χ4n) is 1.64. The molecule has 7 heteroatoms. The number of halogens is 2. The summed E-state index contributed by atoms with van der Waals surface area (Å²) in [5.74, 6) is -0.121. The van der Waals surface area contributed by atoms with Gasteiger partial charge in [-0.25, -0.2) is 9.78 Å². The maximum Gasteiger partial charge on any atom is 0.343 e. The van der Waals surface area contributed by atoms with E-state index in [1.54, 1.807) is 6.92 Å². The molecule has 0 fully saturated rings. The number of ether oxygens (including phenoxy) is 1. The quantitative estimate of drug-likeness (QED) is 0.642. The summed E-state index contributed by atoms with van der Waals surface area (Å²) < 4.78 is 5.97. The van der Waals surface area contributed by atoms with Gasteiger partial charge in [0.05, 0.1) is 6.61 Å². The first-order valence-corrected chi connectivity index (χ1v) is 7.45. The number of aromatic nitrogens is 2. The summed E-state index contributed by atoms with van der Waals surface area (Å²) in [4.78, 5) is 19.7.